The number of nitrogens with one attached hydrogen (secondary N) is 2. The van der Waals surface area contributed by atoms with E-state index >= 15 is 4.79 Å². The lowest BCUT2D eigenvalue weighted by molar-refractivity contribution is -0.138. The number of hydrogen-bond donors (Lipinski definition) is 2. The number of carbonyl (C=O) groups excluding carboxylic acids is 5. The molecular weight excluding hydrogens is 981 g/mol. The van der Waals surface area contributed by atoms with Crippen molar-refractivity contribution in [2.75, 3.05) is 80.6 Å². The summed E-state index contributed by atoms with van der Waals surface area (Å²) in [4.78, 5) is 95.3. The second kappa shape index (κ2) is 20.8. The molecule has 78 heavy (non-hydrogen) atoms. The lowest BCUT2D eigenvalue weighted by atomic mass is 9.73. The molecule has 0 bridgehead atoms. The predicted molar refractivity (Wildman–Crippen MR) is 299 cm³/mol. The second-order valence-corrected chi connectivity index (χ2v) is 24.1. The van der Waals surface area contributed by atoms with Crippen molar-refractivity contribution in [2.45, 2.75) is 139 Å². The van der Waals surface area contributed by atoms with Crippen LogP contribution in [0.2, 0.25) is 0 Å². The van der Waals surface area contributed by atoms with Crippen LogP contribution < -0.4 is 20.4 Å². The summed E-state index contributed by atoms with van der Waals surface area (Å²) in [7, 11) is 0. The molecule has 17 nitrogen and oxygen atoms in total. The van der Waals surface area contributed by atoms with Crippen LogP contribution >= 0.6 is 0 Å². The van der Waals surface area contributed by atoms with Crippen molar-refractivity contribution in [1.82, 2.24) is 44.4 Å². The normalized spacial score (nSPS) is 24.2. The van der Waals surface area contributed by atoms with Crippen LogP contribution in [0.1, 0.15) is 136 Å². The van der Waals surface area contributed by atoms with Crippen molar-refractivity contribution in [3.8, 4) is 11.3 Å². The predicted octanol–water partition coefficient (Wildman–Crippen LogP) is 7.27. The summed E-state index contributed by atoms with van der Waals surface area (Å²) in [5.41, 5.74) is 7.84. The van der Waals surface area contributed by atoms with Gasteiger partial charge in [0.05, 0.1) is 28.9 Å². The molecule has 3 aromatic heterocycles. The molecule has 408 valence electrons. The molecule has 7 fully saturated rings. The van der Waals surface area contributed by atoms with E-state index in [4.69, 9.17) is 9.97 Å². The number of pyridine rings is 2. The lowest BCUT2D eigenvalue weighted by Crippen LogP contribution is -2.58. The largest absolute Gasteiger partial charge is 0.366 e. The number of imide groups is 1. The summed E-state index contributed by atoms with van der Waals surface area (Å²) in [6, 6.07) is 21.9. The first-order valence-electron chi connectivity index (χ1n) is 29.3. The molecule has 1 spiro atoms. The average Bonchev–Trinajstić information content (AvgIpc) is 4.34. The summed E-state index contributed by atoms with van der Waals surface area (Å²) < 4.78 is 2.20. The van der Waals surface area contributed by atoms with Crippen LogP contribution in [-0.4, -0.2) is 152 Å². The maximum absolute atomic E-state index is 15.2. The first-order chi connectivity index (χ1) is 38.0. The van der Waals surface area contributed by atoms with E-state index in [1.165, 1.54) is 19.3 Å². The first-order valence-corrected chi connectivity index (χ1v) is 29.3. The van der Waals surface area contributed by atoms with Crippen LogP contribution in [0.15, 0.2) is 73.2 Å². The number of piperazine rings is 1. The number of benzene rings is 2. The lowest BCUT2D eigenvalue weighted by Gasteiger charge is -2.48. The molecule has 5 saturated heterocycles. The molecule has 6 aliphatic heterocycles. The highest BCUT2D eigenvalue weighted by atomic mass is 16.2. The highest BCUT2D eigenvalue weighted by Crippen LogP contribution is 2.52. The quantitative estimate of drug-likeness (QED) is 0.120. The van der Waals surface area contributed by atoms with E-state index in [1.807, 2.05) is 40.4 Å². The molecule has 5 aromatic rings. The number of amides is 5. The van der Waals surface area contributed by atoms with Crippen molar-refractivity contribution in [3.63, 3.8) is 0 Å². The van der Waals surface area contributed by atoms with E-state index in [0.29, 0.717) is 69.5 Å². The van der Waals surface area contributed by atoms with Gasteiger partial charge in [0.2, 0.25) is 23.6 Å². The Morgan fingerprint density at radius 1 is 0.769 bits per heavy atom. The van der Waals surface area contributed by atoms with Crippen molar-refractivity contribution >= 4 is 57.9 Å². The Morgan fingerprint density at radius 3 is 2.22 bits per heavy atom. The Morgan fingerprint density at radius 2 is 1.53 bits per heavy atom. The Bertz CT molecular complexity index is 3100. The molecule has 17 heteroatoms. The summed E-state index contributed by atoms with van der Waals surface area (Å²) >= 11 is 0. The Balaban J connectivity index is 0.627. The summed E-state index contributed by atoms with van der Waals surface area (Å²) in [5, 5.41) is 6.14. The maximum atomic E-state index is 15.2. The van der Waals surface area contributed by atoms with E-state index in [1.54, 1.807) is 6.20 Å². The van der Waals surface area contributed by atoms with Gasteiger partial charge in [0, 0.05) is 118 Å². The van der Waals surface area contributed by atoms with Gasteiger partial charge in [-0.15, -0.1) is 0 Å². The minimum absolute atomic E-state index is 0.00605. The number of hydrogen-bond acceptors (Lipinski definition) is 12. The number of rotatable bonds is 12. The summed E-state index contributed by atoms with van der Waals surface area (Å²) in [6.45, 7) is 12.9. The maximum Gasteiger partial charge on any atom is 0.253 e. The van der Waals surface area contributed by atoms with Gasteiger partial charge in [0.1, 0.15) is 11.3 Å². The number of piperidine rings is 4. The van der Waals surface area contributed by atoms with Gasteiger partial charge in [-0.3, -0.25) is 34.2 Å². The fraction of sp³-hybridized carbons (Fsp3) is 0.541. The van der Waals surface area contributed by atoms with Gasteiger partial charge >= 0.3 is 0 Å². The van der Waals surface area contributed by atoms with Crippen LogP contribution in [0.5, 0.6) is 0 Å². The summed E-state index contributed by atoms with van der Waals surface area (Å²) in [5.74, 6) is 1.31. The molecule has 1 unspecified atom stereocenters. The molecule has 2 aliphatic carbocycles. The smallest absolute Gasteiger partial charge is 0.253 e. The number of nitrogens with zero attached hydrogens (tertiary/aromatic N) is 10. The average molecular weight is 1060 g/mol. The zero-order valence-electron chi connectivity index (χ0n) is 45.4. The molecule has 1 atom stereocenters. The first kappa shape index (κ1) is 50.8. The molecule has 9 heterocycles. The van der Waals surface area contributed by atoms with Gasteiger partial charge in [-0.1, -0.05) is 36.8 Å². The topological polar surface area (TPSA) is 172 Å². The van der Waals surface area contributed by atoms with Crippen LogP contribution in [0.3, 0.4) is 0 Å². The van der Waals surface area contributed by atoms with Crippen molar-refractivity contribution in [1.29, 1.82) is 0 Å². The van der Waals surface area contributed by atoms with Gasteiger partial charge in [-0.25, -0.2) is 15.0 Å². The number of likely N-dealkylation sites (tertiary alicyclic amines) is 2. The van der Waals surface area contributed by atoms with Gasteiger partial charge in [-0.2, -0.15) is 0 Å². The molecule has 13 rings (SSSR count). The number of aromatic nitrogens is 4. The van der Waals surface area contributed by atoms with Crippen LogP contribution in [0, 0.1) is 5.92 Å². The highest BCUT2D eigenvalue weighted by Gasteiger charge is 2.56. The number of carbonyl (C=O) groups is 5. The Hall–Kier alpha value is -6.72. The van der Waals surface area contributed by atoms with Crippen molar-refractivity contribution in [2.24, 2.45) is 5.92 Å². The third-order valence-corrected chi connectivity index (χ3v) is 18.9. The van der Waals surface area contributed by atoms with Crippen molar-refractivity contribution < 1.29 is 24.0 Å². The molecule has 2 aromatic carbocycles. The minimum atomic E-state index is -0.683. The van der Waals surface area contributed by atoms with Gasteiger partial charge in [0.15, 0.2) is 5.82 Å². The van der Waals surface area contributed by atoms with E-state index < -0.39 is 5.41 Å². The number of anilines is 3. The Kier molecular flexibility index (Phi) is 13.6. The van der Waals surface area contributed by atoms with E-state index in [2.05, 4.69) is 90.0 Å². The van der Waals surface area contributed by atoms with Gasteiger partial charge in [0.25, 0.3) is 5.91 Å². The van der Waals surface area contributed by atoms with Crippen molar-refractivity contribution in [3.05, 3.63) is 95.4 Å². The SMILES string of the molecule is CC(C)n1cnc2cc(-c3ccc4c(c3)N([C@H]3C[C@@H](N5CCCCC5)C3)C(=O)C43CCN(C(=O)c4ccc(CN5CCN(C(=O)C6CCN(c7ccc(C8CCC(=O)NC8=O)cn7)CC6)CC5)cc4)CC3)nc(NC3CC3)c21. The second-order valence-electron chi connectivity index (χ2n) is 24.1. The molecule has 8 aliphatic rings. The molecule has 5 amide bonds. The molecule has 0 radical (unpaired) electrons. The third kappa shape index (κ3) is 9.62. The van der Waals surface area contributed by atoms with Gasteiger partial charge < -0.3 is 34.4 Å². The monoisotopic (exact) mass is 1050 g/mol. The zero-order valence-corrected chi connectivity index (χ0v) is 45.4. The minimum Gasteiger partial charge on any atom is -0.366 e. The molecule has 2 saturated carbocycles. The third-order valence-electron chi connectivity index (χ3n) is 18.9. The van der Waals surface area contributed by atoms with Crippen LogP contribution in [-0.2, 0) is 31.1 Å². The van der Waals surface area contributed by atoms with Gasteiger partial charge in [-0.05, 0) is 145 Å². The summed E-state index contributed by atoms with van der Waals surface area (Å²) in [6.07, 6.45) is 15.3. The van der Waals surface area contributed by atoms with Crippen LogP contribution in [0.25, 0.3) is 22.3 Å². The fourth-order valence-corrected chi connectivity index (χ4v) is 13.9. The van der Waals surface area contributed by atoms with Crippen LogP contribution in [0.4, 0.5) is 17.3 Å². The fourth-order valence-electron chi connectivity index (χ4n) is 13.9. The van der Waals surface area contributed by atoms with E-state index in [9.17, 15) is 19.2 Å². The molecular formula is C61H74N12O5. The highest BCUT2D eigenvalue weighted by molar-refractivity contribution is 6.10. The standard InChI is InChI=1S/C61H74N12O5/c1-39(2)72-38-63-51-35-50(65-56(55(51)72)64-45-12-13-45)43-10-15-49-52(32-43)73(47-33-46(34-47)68-22-4-3-5-23-68)60(78)61(49)20-26-70(27-21-61)58(76)41-8-6-40(7-9-41)37-67-28-30-71(31-29-67)59(77)42-18-24-69(25-19-42)53-16-11-44(36-62-53)48-14-17-54(74)66-57(48)75/h6-11,15-16,32,35-36,38-39,42,45-48H,3-5,12-14,17-31,33-34,37H2,1-2H3,(H,64,65)(H,66,74,75)/t46-,47+,48?. The van der Waals surface area contributed by atoms with E-state index in [0.717, 1.165) is 141 Å². The number of imidazole rings is 1. The number of fused-ring (bicyclic) bond motifs is 3. The zero-order chi connectivity index (χ0) is 53.2. The Labute approximate surface area is 457 Å². The molecule has 2 N–H and O–H groups in total. The van der Waals surface area contributed by atoms with E-state index in [-0.39, 0.29) is 53.5 Å².